The second-order valence-corrected chi connectivity index (χ2v) is 6.84. The highest BCUT2D eigenvalue weighted by Gasteiger charge is 2.18. The van der Waals surface area contributed by atoms with Crippen molar-refractivity contribution in [3.8, 4) is 11.3 Å². The van der Waals surface area contributed by atoms with E-state index in [1.807, 2.05) is 37.6 Å². The van der Waals surface area contributed by atoms with Crippen LogP contribution in [0, 0.1) is 19.7 Å². The third-order valence-corrected chi connectivity index (χ3v) is 4.79. The Labute approximate surface area is 153 Å². The van der Waals surface area contributed by atoms with Crippen molar-refractivity contribution in [3.63, 3.8) is 0 Å². The van der Waals surface area contributed by atoms with Gasteiger partial charge in [-0.3, -0.25) is 14.5 Å². The van der Waals surface area contributed by atoms with Crippen LogP contribution < -0.4 is 5.32 Å². The number of pyridine rings is 1. The molecule has 130 valence electrons. The van der Waals surface area contributed by atoms with E-state index < -0.39 is 0 Å². The van der Waals surface area contributed by atoms with Gasteiger partial charge in [0.1, 0.15) is 17.2 Å². The highest BCUT2D eigenvalue weighted by molar-refractivity contribution is 7.14. The molecular weight excluding hydrogens is 351 g/mol. The summed E-state index contributed by atoms with van der Waals surface area (Å²) < 4.78 is 14.8. The Hall–Kier alpha value is -3.06. The lowest BCUT2D eigenvalue weighted by Gasteiger charge is -2.03. The van der Waals surface area contributed by atoms with E-state index in [0.29, 0.717) is 22.2 Å². The second kappa shape index (κ2) is 6.34. The molecule has 0 saturated heterocycles. The Balaban J connectivity index is 1.61. The summed E-state index contributed by atoms with van der Waals surface area (Å²) in [6, 6.07) is 9.95. The summed E-state index contributed by atoms with van der Waals surface area (Å²) in [4.78, 5) is 21.6. The summed E-state index contributed by atoms with van der Waals surface area (Å²) in [5.41, 5.74) is 4.44. The third kappa shape index (κ3) is 2.97. The predicted octanol–water partition coefficient (Wildman–Crippen LogP) is 4.47. The number of benzene rings is 1. The average molecular weight is 366 g/mol. The molecule has 0 radical (unpaired) electrons. The fourth-order valence-electron chi connectivity index (χ4n) is 2.78. The lowest BCUT2D eigenvalue weighted by molar-refractivity contribution is 0.102. The van der Waals surface area contributed by atoms with Crippen molar-refractivity contribution < 1.29 is 9.18 Å². The number of anilines is 1. The molecule has 0 atom stereocenters. The number of aryl methyl sites for hydroxylation is 2. The van der Waals surface area contributed by atoms with Gasteiger partial charge in [-0.15, -0.1) is 11.3 Å². The predicted molar refractivity (Wildman–Crippen MR) is 100 cm³/mol. The molecule has 0 unspecified atom stereocenters. The van der Waals surface area contributed by atoms with Crippen molar-refractivity contribution in [2.24, 2.45) is 0 Å². The van der Waals surface area contributed by atoms with E-state index in [9.17, 15) is 9.18 Å². The number of carbonyl (C=O) groups excluding carboxylic acids is 1. The molecule has 4 rings (SSSR count). The summed E-state index contributed by atoms with van der Waals surface area (Å²) in [7, 11) is 0. The van der Waals surface area contributed by atoms with Gasteiger partial charge in [-0.25, -0.2) is 14.4 Å². The maximum Gasteiger partial charge on any atom is 0.276 e. The zero-order chi connectivity index (χ0) is 18.3. The van der Waals surface area contributed by atoms with Crippen molar-refractivity contribution in [2.75, 3.05) is 5.32 Å². The number of nitrogens with zero attached hydrogens (tertiary/aromatic N) is 3. The minimum Gasteiger partial charge on any atom is -0.296 e. The van der Waals surface area contributed by atoms with E-state index in [2.05, 4.69) is 15.3 Å². The molecule has 26 heavy (non-hydrogen) atoms. The number of hydrogen-bond donors (Lipinski definition) is 1. The van der Waals surface area contributed by atoms with Gasteiger partial charge in [-0.05, 0) is 55.8 Å². The summed E-state index contributed by atoms with van der Waals surface area (Å²) >= 11 is 1.32. The Bertz CT molecular complexity index is 1110. The molecule has 0 saturated carbocycles. The molecule has 1 N–H and O–H groups in total. The molecule has 5 nitrogen and oxygen atoms in total. The third-order valence-electron chi connectivity index (χ3n) is 4.04. The van der Waals surface area contributed by atoms with E-state index in [1.165, 1.54) is 23.5 Å². The first-order valence-corrected chi connectivity index (χ1v) is 8.87. The van der Waals surface area contributed by atoms with Crippen LogP contribution in [0.5, 0.6) is 0 Å². The molecule has 3 aromatic heterocycles. The monoisotopic (exact) mass is 366 g/mol. The standard InChI is InChI=1S/C19H15FN4OS/c1-11-7-8-24-16(9-11)21-12(2)17(24)18(25)23-19-22-15(10-26-19)13-3-5-14(20)6-4-13/h3-10H,1-2H3,(H,22,23,25). The van der Waals surface area contributed by atoms with E-state index in [-0.39, 0.29) is 11.7 Å². The highest BCUT2D eigenvalue weighted by Crippen LogP contribution is 2.25. The molecule has 4 aromatic rings. The minimum absolute atomic E-state index is 0.265. The largest absolute Gasteiger partial charge is 0.296 e. The minimum atomic E-state index is -0.296. The Morgan fingerprint density at radius 1 is 1.15 bits per heavy atom. The first-order chi connectivity index (χ1) is 12.5. The molecule has 0 aliphatic heterocycles. The molecule has 0 fully saturated rings. The topological polar surface area (TPSA) is 59.3 Å². The first-order valence-electron chi connectivity index (χ1n) is 7.99. The SMILES string of the molecule is Cc1ccn2c(C(=O)Nc3nc(-c4ccc(F)cc4)cs3)c(C)nc2c1. The van der Waals surface area contributed by atoms with Crippen LogP contribution in [0.15, 0.2) is 48.0 Å². The maximum absolute atomic E-state index is 13.0. The van der Waals surface area contributed by atoms with Gasteiger partial charge in [0.15, 0.2) is 5.13 Å². The summed E-state index contributed by atoms with van der Waals surface area (Å²) in [5, 5.41) is 5.14. The van der Waals surface area contributed by atoms with Gasteiger partial charge < -0.3 is 0 Å². The Kier molecular flexibility index (Phi) is 4.00. The maximum atomic E-state index is 13.0. The van der Waals surface area contributed by atoms with Crippen molar-refractivity contribution in [1.29, 1.82) is 0 Å². The van der Waals surface area contributed by atoms with Gasteiger partial charge in [0.05, 0.1) is 11.4 Å². The van der Waals surface area contributed by atoms with Crippen molar-refractivity contribution in [3.05, 3.63) is 70.7 Å². The lowest BCUT2D eigenvalue weighted by Crippen LogP contribution is -2.15. The Morgan fingerprint density at radius 2 is 1.92 bits per heavy atom. The number of halogens is 1. The summed E-state index contributed by atoms with van der Waals surface area (Å²) in [5.74, 6) is -0.560. The van der Waals surface area contributed by atoms with Crippen LogP contribution >= 0.6 is 11.3 Å². The van der Waals surface area contributed by atoms with Gasteiger partial charge in [0.2, 0.25) is 0 Å². The fraction of sp³-hybridized carbons (Fsp3) is 0.105. The van der Waals surface area contributed by atoms with Crippen molar-refractivity contribution in [2.45, 2.75) is 13.8 Å². The first kappa shape index (κ1) is 16.4. The number of carbonyl (C=O) groups is 1. The van der Waals surface area contributed by atoms with Crippen molar-refractivity contribution in [1.82, 2.24) is 14.4 Å². The number of nitrogens with one attached hydrogen (secondary N) is 1. The smallest absolute Gasteiger partial charge is 0.276 e. The van der Waals surface area contributed by atoms with Crippen LogP contribution in [-0.4, -0.2) is 20.3 Å². The quantitative estimate of drug-likeness (QED) is 0.582. The molecule has 0 bridgehead atoms. The number of amides is 1. The van der Waals surface area contributed by atoms with E-state index in [1.54, 1.807) is 16.5 Å². The Morgan fingerprint density at radius 3 is 2.69 bits per heavy atom. The molecule has 7 heteroatoms. The second-order valence-electron chi connectivity index (χ2n) is 5.98. The van der Waals surface area contributed by atoms with E-state index in [4.69, 9.17) is 0 Å². The average Bonchev–Trinajstić information content (AvgIpc) is 3.18. The van der Waals surface area contributed by atoms with Crippen LogP contribution in [-0.2, 0) is 0 Å². The van der Waals surface area contributed by atoms with E-state index in [0.717, 1.165) is 16.8 Å². The molecule has 3 heterocycles. The van der Waals surface area contributed by atoms with E-state index >= 15 is 0 Å². The summed E-state index contributed by atoms with van der Waals surface area (Å²) in [6.07, 6.45) is 1.84. The van der Waals surface area contributed by atoms with Gasteiger partial charge in [0, 0.05) is 17.1 Å². The zero-order valence-corrected chi connectivity index (χ0v) is 15.0. The van der Waals surface area contributed by atoms with Crippen LogP contribution in [0.4, 0.5) is 9.52 Å². The number of fused-ring (bicyclic) bond motifs is 1. The molecule has 0 spiro atoms. The molecule has 1 aromatic carbocycles. The van der Waals surface area contributed by atoms with Crippen LogP contribution in [0.1, 0.15) is 21.7 Å². The number of imidazole rings is 1. The number of rotatable bonds is 3. The van der Waals surface area contributed by atoms with Crippen LogP contribution in [0.3, 0.4) is 0 Å². The van der Waals surface area contributed by atoms with Gasteiger partial charge in [0.25, 0.3) is 5.91 Å². The normalized spacial score (nSPS) is 11.0. The van der Waals surface area contributed by atoms with Crippen LogP contribution in [0.25, 0.3) is 16.9 Å². The fourth-order valence-corrected chi connectivity index (χ4v) is 3.49. The molecule has 1 amide bonds. The highest BCUT2D eigenvalue weighted by atomic mass is 32.1. The molecule has 0 aliphatic rings. The van der Waals surface area contributed by atoms with Gasteiger partial charge >= 0.3 is 0 Å². The molecule has 0 aliphatic carbocycles. The van der Waals surface area contributed by atoms with Crippen LogP contribution in [0.2, 0.25) is 0 Å². The van der Waals surface area contributed by atoms with Crippen molar-refractivity contribution >= 4 is 28.0 Å². The number of hydrogen-bond acceptors (Lipinski definition) is 4. The van der Waals surface area contributed by atoms with Gasteiger partial charge in [-0.2, -0.15) is 0 Å². The van der Waals surface area contributed by atoms with Gasteiger partial charge in [-0.1, -0.05) is 0 Å². The number of aromatic nitrogens is 3. The summed E-state index contributed by atoms with van der Waals surface area (Å²) in [6.45, 7) is 3.79. The zero-order valence-electron chi connectivity index (χ0n) is 14.2. The lowest BCUT2D eigenvalue weighted by atomic mass is 10.2. The molecular formula is C19H15FN4OS. The number of thiazole rings is 1.